The maximum absolute atomic E-state index is 12.3. The molecule has 3 heterocycles. The van der Waals surface area contributed by atoms with Crippen LogP contribution in [-0.4, -0.2) is 78.6 Å². The first-order valence-corrected chi connectivity index (χ1v) is 10.3. The van der Waals surface area contributed by atoms with Gasteiger partial charge in [-0.1, -0.05) is 6.92 Å². The van der Waals surface area contributed by atoms with Crippen molar-refractivity contribution >= 4 is 17.6 Å². The van der Waals surface area contributed by atoms with Crippen LogP contribution in [0.1, 0.15) is 39.0 Å². The van der Waals surface area contributed by atoms with E-state index in [9.17, 15) is 9.59 Å². The minimum Gasteiger partial charge on any atom is -0.469 e. The van der Waals surface area contributed by atoms with E-state index in [4.69, 9.17) is 4.74 Å². The lowest BCUT2D eigenvalue weighted by molar-refractivity contribution is -0.146. The molecule has 0 saturated carbocycles. The van der Waals surface area contributed by atoms with Gasteiger partial charge < -0.3 is 14.5 Å². The van der Waals surface area contributed by atoms with Gasteiger partial charge in [-0.25, -0.2) is 0 Å². The molecule has 2 aliphatic heterocycles. The summed E-state index contributed by atoms with van der Waals surface area (Å²) >= 11 is 0. The molecule has 0 aromatic carbocycles. The normalized spacial score (nSPS) is 20.1. The average Bonchev–Trinajstić information content (AvgIpc) is 2.75. The van der Waals surface area contributed by atoms with E-state index >= 15 is 0 Å². The Balaban J connectivity index is 1.66. The molecule has 2 fully saturated rings. The van der Waals surface area contributed by atoms with Crippen LogP contribution >= 0.6 is 0 Å². The molecule has 0 aliphatic carbocycles. The number of anilines is 1. The van der Waals surface area contributed by atoms with Crippen molar-refractivity contribution < 1.29 is 14.3 Å². The Morgan fingerprint density at radius 1 is 1.07 bits per heavy atom. The van der Waals surface area contributed by atoms with Gasteiger partial charge in [0.1, 0.15) is 0 Å². The fraction of sp³-hybridized carbons (Fsp3) is 0.667. The van der Waals surface area contributed by atoms with Gasteiger partial charge in [0.2, 0.25) is 5.91 Å². The molecule has 3 rings (SSSR count). The lowest BCUT2D eigenvalue weighted by atomic mass is 9.81. The van der Waals surface area contributed by atoms with Crippen molar-refractivity contribution in [1.82, 2.24) is 14.8 Å². The third-order valence-electron chi connectivity index (χ3n) is 6.19. The molecule has 0 N–H and O–H groups in total. The Hall–Kier alpha value is -2.15. The summed E-state index contributed by atoms with van der Waals surface area (Å²) in [7, 11) is 1.46. The van der Waals surface area contributed by atoms with E-state index in [1.165, 1.54) is 12.8 Å². The van der Waals surface area contributed by atoms with Gasteiger partial charge in [-0.2, -0.15) is 0 Å². The van der Waals surface area contributed by atoms with Crippen LogP contribution in [-0.2, 0) is 14.3 Å². The monoisotopic (exact) mass is 388 g/mol. The van der Waals surface area contributed by atoms with Crippen molar-refractivity contribution in [1.29, 1.82) is 0 Å². The topological polar surface area (TPSA) is 66.0 Å². The lowest BCUT2D eigenvalue weighted by Crippen LogP contribution is -2.62. The van der Waals surface area contributed by atoms with E-state index in [2.05, 4.69) is 14.8 Å². The zero-order valence-corrected chi connectivity index (χ0v) is 17.1. The first kappa shape index (κ1) is 20.6. The first-order valence-electron chi connectivity index (χ1n) is 10.3. The fourth-order valence-corrected chi connectivity index (χ4v) is 4.48. The number of pyridine rings is 1. The van der Waals surface area contributed by atoms with Gasteiger partial charge in [-0.3, -0.25) is 19.5 Å². The SMILES string of the molecule is CCCC(=O)N1CCC(CC(=O)OC)(N2CCN(c3ccncc3)CC2)CC1. The van der Waals surface area contributed by atoms with E-state index in [-0.39, 0.29) is 17.4 Å². The van der Waals surface area contributed by atoms with Crippen LogP contribution in [0.4, 0.5) is 5.69 Å². The molecule has 0 unspecified atom stereocenters. The van der Waals surface area contributed by atoms with Crippen LogP contribution in [0.2, 0.25) is 0 Å². The first-order chi connectivity index (χ1) is 13.6. The minimum atomic E-state index is -0.208. The molecule has 1 aromatic rings. The summed E-state index contributed by atoms with van der Waals surface area (Å²) in [5, 5.41) is 0. The highest BCUT2D eigenvalue weighted by Gasteiger charge is 2.43. The number of aromatic nitrogens is 1. The molecule has 0 spiro atoms. The summed E-state index contributed by atoms with van der Waals surface area (Å²) in [6.45, 7) is 7.13. The zero-order chi connectivity index (χ0) is 20.0. The van der Waals surface area contributed by atoms with Crippen molar-refractivity contribution in [2.24, 2.45) is 0 Å². The van der Waals surface area contributed by atoms with Crippen LogP contribution in [0.15, 0.2) is 24.5 Å². The Kier molecular flexibility index (Phi) is 6.88. The summed E-state index contributed by atoms with van der Waals surface area (Å²) < 4.78 is 5.01. The Morgan fingerprint density at radius 2 is 1.71 bits per heavy atom. The van der Waals surface area contributed by atoms with Crippen molar-refractivity contribution in [2.75, 3.05) is 51.3 Å². The molecular weight excluding hydrogens is 356 g/mol. The average molecular weight is 389 g/mol. The predicted octanol–water partition coefficient (Wildman–Crippen LogP) is 1.93. The molecule has 7 heteroatoms. The van der Waals surface area contributed by atoms with E-state index in [0.717, 1.165) is 58.5 Å². The van der Waals surface area contributed by atoms with Crippen molar-refractivity contribution in [3.05, 3.63) is 24.5 Å². The standard InChI is InChI=1S/C21H32N4O3/c1-3-4-19(26)24-11-7-21(8-12-24,17-20(27)28-2)25-15-13-23(14-16-25)18-5-9-22-10-6-18/h5-6,9-10H,3-4,7-8,11-17H2,1-2H3. The molecular formula is C21H32N4O3. The van der Waals surface area contributed by atoms with Crippen molar-refractivity contribution in [3.63, 3.8) is 0 Å². The molecule has 0 radical (unpaired) electrons. The maximum Gasteiger partial charge on any atom is 0.307 e. The number of rotatable bonds is 6. The summed E-state index contributed by atoms with van der Waals surface area (Å²) in [5.74, 6) is 0.0709. The van der Waals surface area contributed by atoms with Crippen LogP contribution in [0, 0.1) is 0 Å². The van der Waals surface area contributed by atoms with Gasteiger partial charge in [0.25, 0.3) is 0 Å². The number of methoxy groups -OCH3 is 1. The second kappa shape index (κ2) is 9.37. The number of hydrogen-bond acceptors (Lipinski definition) is 6. The summed E-state index contributed by atoms with van der Waals surface area (Å²) in [6, 6.07) is 4.08. The fourth-order valence-electron chi connectivity index (χ4n) is 4.48. The van der Waals surface area contributed by atoms with Gasteiger partial charge in [0, 0.05) is 69.3 Å². The lowest BCUT2D eigenvalue weighted by Gasteiger charge is -2.51. The number of esters is 1. The smallest absolute Gasteiger partial charge is 0.307 e. The van der Waals surface area contributed by atoms with Crippen LogP contribution < -0.4 is 4.90 Å². The second-order valence-corrected chi connectivity index (χ2v) is 7.79. The summed E-state index contributed by atoms with van der Waals surface area (Å²) in [4.78, 5) is 35.3. The number of nitrogens with zero attached hydrogens (tertiary/aromatic N) is 4. The number of likely N-dealkylation sites (tertiary alicyclic amines) is 1. The molecule has 0 atom stereocenters. The van der Waals surface area contributed by atoms with Crippen molar-refractivity contribution in [3.8, 4) is 0 Å². The quantitative estimate of drug-likeness (QED) is 0.694. The number of amides is 1. The van der Waals surface area contributed by atoms with Crippen LogP contribution in [0.3, 0.4) is 0 Å². The number of ether oxygens (including phenoxy) is 1. The van der Waals surface area contributed by atoms with Gasteiger partial charge in [0.15, 0.2) is 0 Å². The Labute approximate surface area is 167 Å². The third-order valence-corrected chi connectivity index (χ3v) is 6.19. The maximum atomic E-state index is 12.3. The van der Waals surface area contributed by atoms with Crippen LogP contribution in [0.5, 0.6) is 0 Å². The largest absolute Gasteiger partial charge is 0.469 e. The van der Waals surface area contributed by atoms with Gasteiger partial charge in [0.05, 0.1) is 13.5 Å². The molecule has 2 saturated heterocycles. The van der Waals surface area contributed by atoms with E-state index in [0.29, 0.717) is 12.8 Å². The van der Waals surface area contributed by atoms with E-state index < -0.39 is 0 Å². The number of carbonyl (C=O) groups is 2. The Bertz CT molecular complexity index is 651. The van der Waals surface area contributed by atoms with Gasteiger partial charge in [-0.05, 0) is 31.4 Å². The third kappa shape index (κ3) is 4.63. The zero-order valence-electron chi connectivity index (χ0n) is 17.1. The van der Waals surface area contributed by atoms with E-state index in [1.54, 1.807) is 0 Å². The number of carbonyl (C=O) groups excluding carboxylic acids is 2. The van der Waals surface area contributed by atoms with E-state index in [1.807, 2.05) is 36.4 Å². The molecule has 1 amide bonds. The number of piperazine rings is 1. The Morgan fingerprint density at radius 3 is 2.29 bits per heavy atom. The predicted molar refractivity (Wildman–Crippen MR) is 108 cm³/mol. The van der Waals surface area contributed by atoms with Gasteiger partial charge >= 0.3 is 5.97 Å². The highest BCUT2D eigenvalue weighted by molar-refractivity contribution is 5.76. The molecule has 2 aliphatic rings. The van der Waals surface area contributed by atoms with Crippen LogP contribution in [0.25, 0.3) is 0 Å². The van der Waals surface area contributed by atoms with Crippen molar-refractivity contribution in [2.45, 2.75) is 44.6 Å². The molecule has 7 nitrogen and oxygen atoms in total. The molecule has 28 heavy (non-hydrogen) atoms. The highest BCUT2D eigenvalue weighted by Crippen LogP contribution is 2.34. The summed E-state index contributed by atoms with van der Waals surface area (Å²) in [6.07, 6.45) is 7.18. The molecule has 1 aromatic heterocycles. The molecule has 154 valence electrons. The second-order valence-electron chi connectivity index (χ2n) is 7.79. The number of hydrogen-bond donors (Lipinski definition) is 0. The number of piperidine rings is 1. The summed E-state index contributed by atoms with van der Waals surface area (Å²) in [5.41, 5.74) is 0.983. The van der Waals surface area contributed by atoms with Gasteiger partial charge in [-0.15, -0.1) is 0 Å². The molecule has 0 bridgehead atoms. The highest BCUT2D eigenvalue weighted by atomic mass is 16.5. The minimum absolute atomic E-state index is 0.162.